The van der Waals surface area contributed by atoms with Gasteiger partial charge in [-0.05, 0) is 68.8 Å². The molecule has 1 unspecified atom stereocenters. The summed E-state index contributed by atoms with van der Waals surface area (Å²) >= 11 is 0. The molecule has 1 saturated carbocycles. The summed E-state index contributed by atoms with van der Waals surface area (Å²) in [6.45, 7) is 6.05. The predicted octanol–water partition coefficient (Wildman–Crippen LogP) is 4.09. The van der Waals surface area contributed by atoms with Crippen molar-refractivity contribution >= 4 is 5.91 Å². The van der Waals surface area contributed by atoms with Gasteiger partial charge in [-0.1, -0.05) is 50.5 Å². The van der Waals surface area contributed by atoms with Gasteiger partial charge in [0.2, 0.25) is 5.91 Å². The third kappa shape index (κ3) is 6.31. The molecular formula is C24H39N3O. The molecule has 0 aromatic heterocycles. The van der Waals surface area contributed by atoms with Gasteiger partial charge in [0, 0.05) is 25.6 Å². The number of benzene rings is 1. The van der Waals surface area contributed by atoms with Crippen molar-refractivity contribution in [3.63, 3.8) is 0 Å². The number of amides is 1. The molecule has 156 valence electrons. The molecule has 3 rings (SSSR count). The lowest BCUT2D eigenvalue weighted by Gasteiger charge is -2.31. The number of nitrogens with one attached hydrogen (secondary N) is 2. The zero-order valence-corrected chi connectivity index (χ0v) is 17.9. The van der Waals surface area contributed by atoms with Crippen molar-refractivity contribution in [2.75, 3.05) is 20.1 Å². The fourth-order valence-electron chi connectivity index (χ4n) is 4.94. The van der Waals surface area contributed by atoms with Crippen molar-refractivity contribution in [1.82, 2.24) is 15.5 Å². The van der Waals surface area contributed by atoms with Gasteiger partial charge in [-0.15, -0.1) is 0 Å². The standard InChI is InChI=1S/C24H39N3O/c1-19(20-12-14-25-15-13-20)16-24(28)26-17-21-8-6-7-9-22(21)18-27(2)23-10-4-3-5-11-23/h6-9,19-20,23,25H,3-5,10-18H2,1-2H3,(H,26,28). The second-order valence-electron chi connectivity index (χ2n) is 9.02. The topological polar surface area (TPSA) is 44.4 Å². The van der Waals surface area contributed by atoms with E-state index in [-0.39, 0.29) is 5.91 Å². The number of hydrogen-bond donors (Lipinski definition) is 2. The first kappa shape index (κ1) is 21.3. The Bertz CT molecular complexity index is 606. The minimum absolute atomic E-state index is 0.196. The van der Waals surface area contributed by atoms with Crippen LogP contribution in [-0.2, 0) is 17.9 Å². The summed E-state index contributed by atoms with van der Waals surface area (Å²) in [7, 11) is 2.26. The molecular weight excluding hydrogens is 346 g/mol. The molecule has 2 N–H and O–H groups in total. The summed E-state index contributed by atoms with van der Waals surface area (Å²) in [6.07, 6.45) is 9.81. The van der Waals surface area contributed by atoms with Crippen LogP contribution < -0.4 is 10.6 Å². The third-order valence-corrected chi connectivity index (χ3v) is 6.91. The molecule has 1 aromatic rings. The fraction of sp³-hybridized carbons (Fsp3) is 0.708. The van der Waals surface area contributed by atoms with Gasteiger partial charge >= 0.3 is 0 Å². The van der Waals surface area contributed by atoms with Gasteiger partial charge in [-0.3, -0.25) is 9.69 Å². The van der Waals surface area contributed by atoms with Crippen LogP contribution in [0.25, 0.3) is 0 Å². The lowest BCUT2D eigenvalue weighted by atomic mass is 9.84. The van der Waals surface area contributed by atoms with Crippen molar-refractivity contribution in [2.45, 2.75) is 77.4 Å². The number of nitrogens with zero attached hydrogens (tertiary/aromatic N) is 1. The SMILES string of the molecule is CC(CC(=O)NCc1ccccc1CN(C)C1CCCCC1)C1CCNCC1. The van der Waals surface area contributed by atoms with Crippen LogP contribution in [0.4, 0.5) is 0 Å². The molecule has 1 heterocycles. The van der Waals surface area contributed by atoms with Crippen molar-refractivity contribution in [1.29, 1.82) is 0 Å². The molecule has 1 atom stereocenters. The summed E-state index contributed by atoms with van der Waals surface area (Å²) in [5.41, 5.74) is 2.61. The van der Waals surface area contributed by atoms with Crippen LogP contribution in [0.2, 0.25) is 0 Å². The first-order valence-electron chi connectivity index (χ1n) is 11.4. The molecule has 1 aromatic carbocycles. The highest BCUT2D eigenvalue weighted by Crippen LogP contribution is 2.25. The van der Waals surface area contributed by atoms with E-state index in [4.69, 9.17) is 0 Å². The summed E-state index contributed by atoms with van der Waals surface area (Å²) in [6, 6.07) is 9.30. The molecule has 1 aliphatic heterocycles. The molecule has 0 radical (unpaired) electrons. The highest BCUT2D eigenvalue weighted by molar-refractivity contribution is 5.76. The van der Waals surface area contributed by atoms with Crippen LogP contribution in [0.15, 0.2) is 24.3 Å². The van der Waals surface area contributed by atoms with E-state index in [1.54, 1.807) is 0 Å². The quantitative estimate of drug-likeness (QED) is 0.708. The van der Waals surface area contributed by atoms with E-state index < -0.39 is 0 Å². The lowest BCUT2D eigenvalue weighted by Crippen LogP contribution is -2.34. The first-order valence-corrected chi connectivity index (χ1v) is 11.4. The minimum Gasteiger partial charge on any atom is -0.352 e. The Labute approximate surface area is 171 Å². The number of carbonyl (C=O) groups excluding carboxylic acids is 1. The van der Waals surface area contributed by atoms with Gasteiger partial charge in [0.25, 0.3) is 0 Å². The van der Waals surface area contributed by atoms with Crippen LogP contribution in [0.1, 0.15) is 69.4 Å². The largest absolute Gasteiger partial charge is 0.352 e. The van der Waals surface area contributed by atoms with Crippen molar-refractivity contribution < 1.29 is 4.79 Å². The normalized spacial score (nSPS) is 20.2. The van der Waals surface area contributed by atoms with Crippen LogP contribution in [0, 0.1) is 11.8 Å². The number of piperidine rings is 1. The summed E-state index contributed by atoms with van der Waals surface area (Å²) in [5.74, 6) is 1.35. The molecule has 1 aliphatic carbocycles. The average molecular weight is 386 g/mol. The number of hydrogen-bond acceptors (Lipinski definition) is 3. The molecule has 28 heavy (non-hydrogen) atoms. The molecule has 0 spiro atoms. The molecule has 2 aliphatic rings. The van der Waals surface area contributed by atoms with Gasteiger partial charge in [0.05, 0.1) is 0 Å². The maximum atomic E-state index is 12.5. The van der Waals surface area contributed by atoms with Gasteiger partial charge in [0.1, 0.15) is 0 Å². The van der Waals surface area contributed by atoms with E-state index in [2.05, 4.69) is 53.8 Å². The molecule has 4 nitrogen and oxygen atoms in total. The van der Waals surface area contributed by atoms with Crippen LogP contribution in [0.5, 0.6) is 0 Å². The summed E-state index contributed by atoms with van der Waals surface area (Å²) < 4.78 is 0. The second-order valence-corrected chi connectivity index (χ2v) is 9.02. The van der Waals surface area contributed by atoms with Crippen molar-refractivity contribution in [2.24, 2.45) is 11.8 Å². The maximum absolute atomic E-state index is 12.5. The number of carbonyl (C=O) groups is 1. The zero-order valence-electron chi connectivity index (χ0n) is 17.9. The fourth-order valence-corrected chi connectivity index (χ4v) is 4.94. The Kier molecular flexibility index (Phi) is 8.35. The van der Waals surface area contributed by atoms with Gasteiger partial charge < -0.3 is 10.6 Å². The monoisotopic (exact) mass is 385 g/mol. The Morgan fingerprint density at radius 3 is 2.50 bits per heavy atom. The molecule has 1 saturated heterocycles. The Morgan fingerprint density at radius 2 is 1.79 bits per heavy atom. The van der Waals surface area contributed by atoms with Crippen LogP contribution in [0.3, 0.4) is 0 Å². The Hall–Kier alpha value is -1.39. The van der Waals surface area contributed by atoms with Gasteiger partial charge in [-0.25, -0.2) is 0 Å². The Morgan fingerprint density at radius 1 is 1.11 bits per heavy atom. The van der Waals surface area contributed by atoms with E-state index >= 15 is 0 Å². The molecule has 2 fully saturated rings. The van der Waals surface area contributed by atoms with E-state index in [0.29, 0.717) is 30.8 Å². The maximum Gasteiger partial charge on any atom is 0.220 e. The minimum atomic E-state index is 0.196. The van der Waals surface area contributed by atoms with Gasteiger partial charge in [-0.2, -0.15) is 0 Å². The summed E-state index contributed by atoms with van der Waals surface area (Å²) in [4.78, 5) is 15.0. The molecule has 0 bridgehead atoms. The lowest BCUT2D eigenvalue weighted by molar-refractivity contribution is -0.122. The van der Waals surface area contributed by atoms with Crippen molar-refractivity contribution in [3.8, 4) is 0 Å². The highest BCUT2D eigenvalue weighted by Gasteiger charge is 2.22. The van der Waals surface area contributed by atoms with Gasteiger partial charge in [0.15, 0.2) is 0 Å². The highest BCUT2D eigenvalue weighted by atomic mass is 16.1. The summed E-state index contributed by atoms with van der Waals surface area (Å²) in [5, 5.41) is 6.60. The van der Waals surface area contributed by atoms with E-state index in [0.717, 1.165) is 19.6 Å². The van der Waals surface area contributed by atoms with Crippen LogP contribution >= 0.6 is 0 Å². The van der Waals surface area contributed by atoms with E-state index in [9.17, 15) is 4.79 Å². The first-order chi connectivity index (χ1) is 13.6. The van der Waals surface area contributed by atoms with Crippen LogP contribution in [-0.4, -0.2) is 37.0 Å². The zero-order chi connectivity index (χ0) is 19.8. The van der Waals surface area contributed by atoms with Crippen molar-refractivity contribution in [3.05, 3.63) is 35.4 Å². The smallest absolute Gasteiger partial charge is 0.220 e. The molecule has 1 amide bonds. The second kappa shape index (κ2) is 11.0. The molecule has 4 heteroatoms. The van der Waals surface area contributed by atoms with E-state index in [1.165, 1.54) is 56.1 Å². The Balaban J connectivity index is 1.49. The number of rotatable bonds is 8. The third-order valence-electron chi connectivity index (χ3n) is 6.91. The predicted molar refractivity (Wildman–Crippen MR) is 116 cm³/mol. The van der Waals surface area contributed by atoms with E-state index in [1.807, 2.05) is 0 Å². The average Bonchev–Trinajstić information content (AvgIpc) is 2.74.